The molecule has 0 saturated heterocycles. The van der Waals surface area contributed by atoms with E-state index >= 15 is 0 Å². The van der Waals surface area contributed by atoms with Gasteiger partial charge in [0.05, 0.1) is 26.1 Å². The Bertz CT molecular complexity index is 1150. The first-order valence-electron chi connectivity index (χ1n) is 8.69. The van der Waals surface area contributed by atoms with Crippen LogP contribution in [0.15, 0.2) is 60.7 Å². The molecule has 140 valence electrons. The van der Waals surface area contributed by atoms with Crippen LogP contribution in [-0.2, 0) is 12.8 Å². The molecule has 4 rings (SSSR count). The zero-order chi connectivity index (χ0) is 19.7. The van der Waals surface area contributed by atoms with E-state index in [0.29, 0.717) is 27.9 Å². The van der Waals surface area contributed by atoms with E-state index in [-0.39, 0.29) is 0 Å². The van der Waals surface area contributed by atoms with E-state index in [1.807, 2.05) is 54.6 Å². The van der Waals surface area contributed by atoms with Gasteiger partial charge in [0.25, 0.3) is 0 Å². The summed E-state index contributed by atoms with van der Waals surface area (Å²) in [6.45, 7) is 0. The number of halogens is 3. The summed E-state index contributed by atoms with van der Waals surface area (Å²) in [5.74, 6) is 0.753. The number of rotatable bonds is 5. The SMILES string of the molecule is S=C(Cc1ccc(Cl)c(Cl)c1)Cc1ccc(Cl)c(-c2nc3ccccc3[nH]2)c1. The van der Waals surface area contributed by atoms with Crippen molar-refractivity contribution in [2.24, 2.45) is 0 Å². The van der Waals surface area contributed by atoms with E-state index in [0.717, 1.165) is 38.4 Å². The monoisotopic (exact) mass is 444 g/mol. The fraction of sp³-hybridized carbons (Fsp3) is 0.0909. The van der Waals surface area contributed by atoms with E-state index in [4.69, 9.17) is 47.0 Å². The standard InChI is InChI=1S/C22H15Cl3N2S/c23-17-7-5-13(9-15(28)10-14-6-8-18(24)19(25)12-14)11-16(17)22-26-20-3-1-2-4-21(20)27-22/h1-8,11-12H,9-10H2,(H,26,27). The van der Waals surface area contributed by atoms with Gasteiger partial charge in [-0.25, -0.2) is 4.98 Å². The van der Waals surface area contributed by atoms with Crippen LogP contribution in [0.25, 0.3) is 22.4 Å². The first kappa shape index (κ1) is 19.4. The van der Waals surface area contributed by atoms with Gasteiger partial charge in [-0.05, 0) is 47.5 Å². The predicted molar refractivity (Wildman–Crippen MR) is 123 cm³/mol. The molecule has 0 radical (unpaired) electrons. The van der Waals surface area contributed by atoms with Crippen molar-refractivity contribution < 1.29 is 0 Å². The Labute approximate surface area is 183 Å². The van der Waals surface area contributed by atoms with Crippen molar-refractivity contribution >= 4 is 62.9 Å². The van der Waals surface area contributed by atoms with Gasteiger partial charge in [0.15, 0.2) is 0 Å². The lowest BCUT2D eigenvalue weighted by Crippen LogP contribution is -2.04. The molecule has 1 N–H and O–H groups in total. The molecule has 0 amide bonds. The summed E-state index contributed by atoms with van der Waals surface area (Å²) >= 11 is 24.1. The van der Waals surface area contributed by atoms with Gasteiger partial charge in [0.1, 0.15) is 5.82 Å². The van der Waals surface area contributed by atoms with Crippen LogP contribution in [0, 0.1) is 0 Å². The van der Waals surface area contributed by atoms with Crippen molar-refractivity contribution in [2.45, 2.75) is 12.8 Å². The van der Waals surface area contributed by atoms with E-state index in [1.54, 1.807) is 6.07 Å². The number of para-hydroxylation sites is 2. The molecule has 0 fully saturated rings. The van der Waals surface area contributed by atoms with Crippen LogP contribution >= 0.6 is 47.0 Å². The number of H-pyrrole nitrogens is 1. The summed E-state index contributed by atoms with van der Waals surface area (Å²) in [6.07, 6.45) is 1.33. The van der Waals surface area contributed by atoms with Gasteiger partial charge in [-0.3, -0.25) is 0 Å². The second-order valence-electron chi connectivity index (χ2n) is 6.56. The second kappa shape index (κ2) is 8.22. The van der Waals surface area contributed by atoms with Crippen molar-refractivity contribution in [3.63, 3.8) is 0 Å². The third-order valence-electron chi connectivity index (χ3n) is 4.46. The summed E-state index contributed by atoms with van der Waals surface area (Å²) in [6, 6.07) is 19.4. The maximum atomic E-state index is 6.44. The van der Waals surface area contributed by atoms with Crippen LogP contribution in [0.1, 0.15) is 11.1 Å². The maximum absolute atomic E-state index is 6.44. The van der Waals surface area contributed by atoms with Crippen LogP contribution in [0.5, 0.6) is 0 Å². The highest BCUT2D eigenvalue weighted by Gasteiger charge is 2.11. The molecule has 2 nitrogen and oxygen atoms in total. The number of nitrogens with one attached hydrogen (secondary N) is 1. The smallest absolute Gasteiger partial charge is 0.140 e. The van der Waals surface area contributed by atoms with Crippen LogP contribution in [-0.4, -0.2) is 14.8 Å². The fourth-order valence-corrected chi connectivity index (χ4v) is 3.97. The first-order valence-corrected chi connectivity index (χ1v) is 10.2. The molecular formula is C22H15Cl3N2S. The Balaban J connectivity index is 1.56. The highest BCUT2D eigenvalue weighted by atomic mass is 35.5. The van der Waals surface area contributed by atoms with Gasteiger partial charge in [0, 0.05) is 23.3 Å². The summed E-state index contributed by atoms with van der Waals surface area (Å²) in [4.78, 5) is 8.89. The normalized spacial score (nSPS) is 11.1. The molecular weight excluding hydrogens is 431 g/mol. The summed E-state index contributed by atoms with van der Waals surface area (Å²) < 4.78 is 0. The van der Waals surface area contributed by atoms with E-state index in [2.05, 4.69) is 9.97 Å². The quantitative estimate of drug-likeness (QED) is 0.325. The summed E-state index contributed by atoms with van der Waals surface area (Å²) in [5, 5.41) is 1.74. The van der Waals surface area contributed by atoms with Crippen molar-refractivity contribution in [1.82, 2.24) is 9.97 Å². The molecule has 0 aliphatic rings. The minimum atomic E-state index is 0.542. The van der Waals surface area contributed by atoms with Crippen LogP contribution in [0.3, 0.4) is 0 Å². The third-order valence-corrected chi connectivity index (χ3v) is 5.82. The average molecular weight is 446 g/mol. The number of hydrogen-bond acceptors (Lipinski definition) is 2. The second-order valence-corrected chi connectivity index (χ2v) is 8.36. The van der Waals surface area contributed by atoms with Gasteiger partial charge >= 0.3 is 0 Å². The Morgan fingerprint density at radius 3 is 2.21 bits per heavy atom. The number of aromatic amines is 1. The highest BCUT2D eigenvalue weighted by Crippen LogP contribution is 2.29. The van der Waals surface area contributed by atoms with Crippen LogP contribution < -0.4 is 0 Å². The number of hydrogen-bond donors (Lipinski definition) is 1. The lowest BCUT2D eigenvalue weighted by molar-refractivity contribution is 1.24. The molecule has 3 aromatic carbocycles. The number of nitrogens with zero attached hydrogens (tertiary/aromatic N) is 1. The Hall–Kier alpha value is -1.91. The van der Waals surface area contributed by atoms with Gasteiger partial charge in [0.2, 0.25) is 0 Å². The van der Waals surface area contributed by atoms with Gasteiger partial charge < -0.3 is 4.98 Å². The molecule has 0 bridgehead atoms. The van der Waals surface area contributed by atoms with E-state index < -0.39 is 0 Å². The molecule has 0 spiro atoms. The van der Waals surface area contributed by atoms with Crippen LogP contribution in [0.4, 0.5) is 0 Å². The maximum Gasteiger partial charge on any atom is 0.140 e. The minimum Gasteiger partial charge on any atom is -0.338 e. The van der Waals surface area contributed by atoms with E-state index in [1.165, 1.54) is 0 Å². The van der Waals surface area contributed by atoms with Gasteiger partial charge in [-0.2, -0.15) is 0 Å². The molecule has 1 heterocycles. The van der Waals surface area contributed by atoms with Crippen molar-refractivity contribution in [3.05, 3.63) is 86.9 Å². The topological polar surface area (TPSA) is 28.7 Å². The van der Waals surface area contributed by atoms with Crippen molar-refractivity contribution in [1.29, 1.82) is 0 Å². The molecule has 0 saturated carbocycles. The molecule has 0 unspecified atom stereocenters. The van der Waals surface area contributed by atoms with E-state index in [9.17, 15) is 0 Å². The number of benzene rings is 3. The lowest BCUT2D eigenvalue weighted by Gasteiger charge is -2.08. The minimum absolute atomic E-state index is 0.542. The summed E-state index contributed by atoms with van der Waals surface area (Å²) in [5.41, 5.74) is 4.90. The number of aromatic nitrogens is 2. The predicted octanol–water partition coefficient (Wildman–Crippen LogP) is 7.35. The Morgan fingerprint density at radius 1 is 0.821 bits per heavy atom. The van der Waals surface area contributed by atoms with Crippen LogP contribution in [0.2, 0.25) is 15.1 Å². The first-order chi connectivity index (χ1) is 13.5. The largest absolute Gasteiger partial charge is 0.338 e. The van der Waals surface area contributed by atoms with Crippen molar-refractivity contribution in [2.75, 3.05) is 0 Å². The molecule has 0 aliphatic carbocycles. The molecule has 0 atom stereocenters. The fourth-order valence-electron chi connectivity index (χ4n) is 3.11. The molecule has 6 heteroatoms. The van der Waals surface area contributed by atoms with Gasteiger partial charge in [-0.1, -0.05) is 71.3 Å². The van der Waals surface area contributed by atoms with Crippen molar-refractivity contribution in [3.8, 4) is 11.4 Å². The zero-order valence-electron chi connectivity index (χ0n) is 14.7. The Kier molecular flexibility index (Phi) is 5.70. The Morgan fingerprint density at radius 2 is 1.50 bits per heavy atom. The molecule has 1 aromatic heterocycles. The zero-order valence-corrected chi connectivity index (χ0v) is 17.8. The highest BCUT2D eigenvalue weighted by molar-refractivity contribution is 7.80. The molecule has 0 aliphatic heterocycles. The number of fused-ring (bicyclic) bond motifs is 1. The average Bonchev–Trinajstić information content (AvgIpc) is 3.10. The van der Waals surface area contributed by atoms with Gasteiger partial charge in [-0.15, -0.1) is 0 Å². The summed E-state index contributed by atoms with van der Waals surface area (Å²) in [7, 11) is 0. The number of thiocarbonyl (C=S) groups is 1. The third kappa shape index (κ3) is 4.23. The molecule has 4 aromatic rings. The molecule has 28 heavy (non-hydrogen) atoms. The lowest BCUT2D eigenvalue weighted by atomic mass is 10.0. The number of imidazole rings is 1.